The van der Waals surface area contributed by atoms with Crippen molar-refractivity contribution in [3.63, 3.8) is 0 Å². The molecule has 0 spiro atoms. The number of carbonyl (C=O) groups is 1. The van der Waals surface area contributed by atoms with Gasteiger partial charge in [-0.05, 0) is 44.0 Å². The predicted molar refractivity (Wildman–Crippen MR) is 65.2 cm³/mol. The van der Waals surface area contributed by atoms with Crippen LogP contribution in [0.1, 0.15) is 27.2 Å². The van der Waals surface area contributed by atoms with E-state index < -0.39 is 5.97 Å². The maximum Gasteiger partial charge on any atom is 0.353 e. The Kier molecular flexibility index (Phi) is 2.71. The number of carboxylic acid groups (broad SMARTS) is 1. The van der Waals surface area contributed by atoms with Gasteiger partial charge in [0.15, 0.2) is 0 Å². The summed E-state index contributed by atoms with van der Waals surface area (Å²) in [5.74, 6) is -0.995. The third-order valence-electron chi connectivity index (χ3n) is 2.90. The van der Waals surface area contributed by atoms with Crippen molar-refractivity contribution in [3.8, 4) is 11.3 Å². The number of hydrogen-bond acceptors (Lipinski definition) is 2. The average molecular weight is 230 g/mol. The molecule has 4 heteroatoms. The van der Waals surface area contributed by atoms with Crippen LogP contribution in [0.3, 0.4) is 0 Å². The number of benzene rings is 1. The molecule has 0 amide bonds. The Labute approximate surface area is 99.3 Å². The molecule has 0 unspecified atom stereocenters. The molecule has 1 heterocycles. The van der Waals surface area contributed by atoms with Gasteiger partial charge >= 0.3 is 5.97 Å². The van der Waals surface area contributed by atoms with E-state index in [1.54, 1.807) is 6.07 Å². The van der Waals surface area contributed by atoms with Crippen LogP contribution in [0.25, 0.3) is 11.3 Å². The van der Waals surface area contributed by atoms with E-state index in [2.05, 4.69) is 16.3 Å². The zero-order valence-corrected chi connectivity index (χ0v) is 10.0. The van der Waals surface area contributed by atoms with Crippen LogP contribution in [-0.4, -0.2) is 21.3 Å². The van der Waals surface area contributed by atoms with E-state index >= 15 is 0 Å². The summed E-state index contributed by atoms with van der Waals surface area (Å²) in [5, 5.41) is 15.4. The maximum atomic E-state index is 10.8. The summed E-state index contributed by atoms with van der Waals surface area (Å²) in [6, 6.07) is 5.68. The van der Waals surface area contributed by atoms with Crippen LogP contribution < -0.4 is 0 Å². The van der Waals surface area contributed by atoms with Crippen molar-refractivity contribution in [2.24, 2.45) is 0 Å². The number of aromatic nitrogens is 2. The smallest absolute Gasteiger partial charge is 0.353 e. The molecule has 0 aliphatic rings. The quantitative estimate of drug-likeness (QED) is 0.833. The van der Waals surface area contributed by atoms with Crippen LogP contribution in [0.5, 0.6) is 0 Å². The van der Waals surface area contributed by atoms with Gasteiger partial charge in [0.2, 0.25) is 0 Å². The summed E-state index contributed by atoms with van der Waals surface area (Å²) >= 11 is 0. The van der Waals surface area contributed by atoms with E-state index in [-0.39, 0.29) is 5.69 Å². The number of nitrogens with one attached hydrogen (secondary N) is 1. The summed E-state index contributed by atoms with van der Waals surface area (Å²) in [5.41, 5.74) is 5.21. The van der Waals surface area contributed by atoms with Crippen molar-refractivity contribution in [2.75, 3.05) is 0 Å². The molecule has 0 bridgehead atoms. The van der Waals surface area contributed by atoms with Crippen LogP contribution in [0.15, 0.2) is 18.2 Å². The minimum atomic E-state index is -0.995. The van der Waals surface area contributed by atoms with Crippen molar-refractivity contribution < 1.29 is 9.90 Å². The van der Waals surface area contributed by atoms with Crippen molar-refractivity contribution in [3.05, 3.63) is 40.6 Å². The normalized spacial score (nSPS) is 10.5. The Morgan fingerprint density at radius 1 is 1.24 bits per heavy atom. The van der Waals surface area contributed by atoms with Crippen LogP contribution >= 0.6 is 0 Å². The van der Waals surface area contributed by atoms with Gasteiger partial charge in [-0.25, -0.2) is 4.79 Å². The molecule has 2 aromatic rings. The number of nitrogens with zero attached hydrogens (tertiary/aromatic N) is 1. The number of aromatic amines is 1. The Morgan fingerprint density at radius 2 is 1.94 bits per heavy atom. The molecule has 0 saturated heterocycles. The molecule has 2 N–H and O–H groups in total. The van der Waals surface area contributed by atoms with E-state index in [0.717, 1.165) is 16.7 Å². The van der Waals surface area contributed by atoms with Gasteiger partial charge in [-0.1, -0.05) is 11.6 Å². The highest BCUT2D eigenvalue weighted by molar-refractivity contribution is 5.87. The van der Waals surface area contributed by atoms with Gasteiger partial charge in [-0.3, -0.25) is 5.10 Å². The van der Waals surface area contributed by atoms with Crippen molar-refractivity contribution in [2.45, 2.75) is 20.8 Å². The zero-order chi connectivity index (χ0) is 12.6. The molecular weight excluding hydrogens is 216 g/mol. The molecule has 0 fully saturated rings. The number of aryl methyl sites for hydroxylation is 2. The van der Waals surface area contributed by atoms with Crippen molar-refractivity contribution in [1.82, 2.24) is 10.2 Å². The first-order valence-corrected chi connectivity index (χ1v) is 5.36. The zero-order valence-electron chi connectivity index (χ0n) is 10.0. The highest BCUT2D eigenvalue weighted by atomic mass is 16.4. The Balaban J connectivity index is 2.56. The van der Waals surface area contributed by atoms with E-state index in [1.807, 2.05) is 26.8 Å². The first kappa shape index (κ1) is 11.4. The molecule has 0 saturated carbocycles. The monoisotopic (exact) mass is 230 g/mol. The van der Waals surface area contributed by atoms with Gasteiger partial charge in [0.05, 0.1) is 5.69 Å². The maximum absolute atomic E-state index is 10.8. The Bertz CT molecular complexity index is 585. The van der Waals surface area contributed by atoms with Crippen LogP contribution in [0.2, 0.25) is 0 Å². The molecule has 4 nitrogen and oxygen atoms in total. The fourth-order valence-corrected chi connectivity index (χ4v) is 1.88. The lowest BCUT2D eigenvalue weighted by atomic mass is 9.98. The first-order chi connectivity index (χ1) is 7.99. The number of hydrogen-bond donors (Lipinski definition) is 2. The van der Waals surface area contributed by atoms with E-state index in [0.29, 0.717) is 5.69 Å². The number of carboxylic acids is 1. The van der Waals surface area contributed by atoms with Gasteiger partial charge in [-0.2, -0.15) is 5.10 Å². The third kappa shape index (κ3) is 2.06. The summed E-state index contributed by atoms with van der Waals surface area (Å²) in [4.78, 5) is 10.8. The summed E-state index contributed by atoms with van der Waals surface area (Å²) < 4.78 is 0. The second-order valence-corrected chi connectivity index (χ2v) is 4.23. The third-order valence-corrected chi connectivity index (χ3v) is 2.90. The van der Waals surface area contributed by atoms with Crippen LogP contribution in [-0.2, 0) is 0 Å². The molecule has 1 aromatic heterocycles. The molecule has 1 aromatic carbocycles. The molecule has 88 valence electrons. The Hall–Kier alpha value is -2.10. The fraction of sp³-hybridized carbons (Fsp3) is 0.231. The lowest BCUT2D eigenvalue weighted by Crippen LogP contribution is -1.95. The predicted octanol–water partition coefficient (Wildman–Crippen LogP) is 2.70. The molecule has 0 atom stereocenters. The highest BCUT2D eigenvalue weighted by Gasteiger charge is 2.12. The minimum absolute atomic E-state index is 0.110. The van der Waals surface area contributed by atoms with Crippen molar-refractivity contribution >= 4 is 5.97 Å². The molecule has 2 rings (SSSR count). The van der Waals surface area contributed by atoms with E-state index in [9.17, 15) is 4.79 Å². The van der Waals surface area contributed by atoms with E-state index in [4.69, 9.17) is 5.11 Å². The van der Waals surface area contributed by atoms with Crippen molar-refractivity contribution in [1.29, 1.82) is 0 Å². The van der Waals surface area contributed by atoms with E-state index in [1.165, 1.54) is 5.56 Å². The van der Waals surface area contributed by atoms with Crippen LogP contribution in [0.4, 0.5) is 0 Å². The Morgan fingerprint density at radius 3 is 2.53 bits per heavy atom. The van der Waals surface area contributed by atoms with Gasteiger partial charge in [0, 0.05) is 5.56 Å². The largest absolute Gasteiger partial charge is 0.477 e. The SMILES string of the molecule is Cc1cc(C)c(C)c(-c2cc(C(=O)O)[nH]n2)c1. The molecule has 0 radical (unpaired) electrons. The summed E-state index contributed by atoms with van der Waals surface area (Å²) in [6.07, 6.45) is 0. The minimum Gasteiger partial charge on any atom is -0.477 e. The standard InChI is InChI=1S/C13H14N2O2/c1-7-4-8(2)9(3)10(5-7)11-6-12(13(16)17)15-14-11/h4-6H,1-3H3,(H,14,15)(H,16,17). The van der Waals surface area contributed by atoms with Gasteiger partial charge in [-0.15, -0.1) is 0 Å². The van der Waals surface area contributed by atoms with Gasteiger partial charge in [0.1, 0.15) is 5.69 Å². The lowest BCUT2D eigenvalue weighted by Gasteiger charge is -2.07. The summed E-state index contributed by atoms with van der Waals surface area (Å²) in [7, 11) is 0. The highest BCUT2D eigenvalue weighted by Crippen LogP contribution is 2.26. The molecular formula is C13H14N2O2. The number of H-pyrrole nitrogens is 1. The molecule has 0 aliphatic carbocycles. The second-order valence-electron chi connectivity index (χ2n) is 4.23. The topological polar surface area (TPSA) is 66.0 Å². The average Bonchev–Trinajstić information content (AvgIpc) is 2.72. The molecule has 17 heavy (non-hydrogen) atoms. The number of aromatic carboxylic acids is 1. The second kappa shape index (κ2) is 4.05. The van der Waals surface area contributed by atoms with Crippen LogP contribution in [0, 0.1) is 20.8 Å². The first-order valence-electron chi connectivity index (χ1n) is 5.36. The van der Waals surface area contributed by atoms with Gasteiger partial charge in [0.25, 0.3) is 0 Å². The fourth-order valence-electron chi connectivity index (χ4n) is 1.88. The molecule has 0 aliphatic heterocycles. The summed E-state index contributed by atoms with van der Waals surface area (Å²) in [6.45, 7) is 6.07. The van der Waals surface area contributed by atoms with Gasteiger partial charge < -0.3 is 5.11 Å². The lowest BCUT2D eigenvalue weighted by molar-refractivity contribution is 0.0690. The number of rotatable bonds is 2.